The van der Waals surface area contributed by atoms with Crippen molar-refractivity contribution in [3.63, 3.8) is 0 Å². The molecule has 2 aromatic carbocycles. The van der Waals surface area contributed by atoms with Gasteiger partial charge in [-0.25, -0.2) is 8.42 Å². The first-order chi connectivity index (χ1) is 13.5. The van der Waals surface area contributed by atoms with Crippen LogP contribution >= 0.6 is 11.8 Å². The summed E-state index contributed by atoms with van der Waals surface area (Å²) < 4.78 is 31.7. The highest BCUT2D eigenvalue weighted by atomic mass is 32.2. The molecule has 0 radical (unpaired) electrons. The minimum Gasteiger partial charge on any atom is -0.497 e. The zero-order valence-electron chi connectivity index (χ0n) is 15.8. The fourth-order valence-corrected chi connectivity index (χ4v) is 5.17. The molecule has 6 nitrogen and oxygen atoms in total. The van der Waals surface area contributed by atoms with Crippen LogP contribution in [-0.2, 0) is 21.4 Å². The zero-order valence-corrected chi connectivity index (χ0v) is 17.4. The molecule has 1 N–H and O–H groups in total. The summed E-state index contributed by atoms with van der Waals surface area (Å²) in [5.41, 5.74) is 0.864. The van der Waals surface area contributed by atoms with Gasteiger partial charge in [-0.2, -0.15) is 4.31 Å². The molecule has 1 heterocycles. The normalized spacial score (nSPS) is 14.8. The van der Waals surface area contributed by atoms with Crippen LogP contribution in [0.5, 0.6) is 5.75 Å². The van der Waals surface area contributed by atoms with Gasteiger partial charge >= 0.3 is 0 Å². The molecule has 3 rings (SSSR count). The van der Waals surface area contributed by atoms with Crippen LogP contribution in [-0.4, -0.2) is 44.6 Å². The number of amides is 1. The molecule has 1 aliphatic heterocycles. The van der Waals surface area contributed by atoms with Gasteiger partial charge in [0.25, 0.3) is 0 Å². The highest BCUT2D eigenvalue weighted by molar-refractivity contribution is 8.00. The van der Waals surface area contributed by atoms with Gasteiger partial charge in [-0.3, -0.25) is 4.79 Å². The first-order valence-corrected chi connectivity index (χ1v) is 11.5. The van der Waals surface area contributed by atoms with Gasteiger partial charge in [-0.05, 0) is 54.8 Å². The first kappa shape index (κ1) is 20.7. The molecule has 0 aliphatic carbocycles. The van der Waals surface area contributed by atoms with Gasteiger partial charge in [0.1, 0.15) is 5.75 Å². The average molecular weight is 421 g/mol. The molecular weight excluding hydrogens is 396 g/mol. The van der Waals surface area contributed by atoms with Crippen molar-refractivity contribution in [1.29, 1.82) is 0 Å². The van der Waals surface area contributed by atoms with Gasteiger partial charge in [0.05, 0.1) is 17.8 Å². The Bertz CT molecular complexity index is 891. The standard InChI is InChI=1S/C20H24N2O4S2/c1-26-17-6-8-18(9-7-17)27-15-20(23)21-14-16-4-10-19(11-5-16)28(24,25)22-12-2-3-13-22/h4-11H,2-3,12-15H2,1H3,(H,21,23). The summed E-state index contributed by atoms with van der Waals surface area (Å²) >= 11 is 1.45. The number of rotatable bonds is 8. The Balaban J connectivity index is 1.48. The highest BCUT2D eigenvalue weighted by Crippen LogP contribution is 2.22. The highest BCUT2D eigenvalue weighted by Gasteiger charge is 2.26. The summed E-state index contributed by atoms with van der Waals surface area (Å²) in [6.07, 6.45) is 1.83. The lowest BCUT2D eigenvalue weighted by Gasteiger charge is -2.15. The summed E-state index contributed by atoms with van der Waals surface area (Å²) in [5, 5.41) is 2.86. The topological polar surface area (TPSA) is 75.7 Å². The Morgan fingerprint density at radius 2 is 1.71 bits per heavy atom. The van der Waals surface area contributed by atoms with Crippen molar-refractivity contribution in [2.75, 3.05) is 26.0 Å². The SMILES string of the molecule is COc1ccc(SCC(=O)NCc2ccc(S(=O)(=O)N3CCCC3)cc2)cc1. The van der Waals surface area contributed by atoms with Crippen LogP contribution in [0.15, 0.2) is 58.3 Å². The Hall–Kier alpha value is -2.03. The van der Waals surface area contributed by atoms with Gasteiger partial charge in [0.2, 0.25) is 15.9 Å². The number of carbonyl (C=O) groups excluding carboxylic acids is 1. The molecule has 0 bridgehead atoms. The van der Waals surface area contributed by atoms with Gasteiger partial charge < -0.3 is 10.1 Å². The van der Waals surface area contributed by atoms with Gasteiger partial charge in [-0.1, -0.05) is 12.1 Å². The molecule has 0 saturated carbocycles. The molecule has 0 spiro atoms. The van der Waals surface area contributed by atoms with E-state index in [-0.39, 0.29) is 5.91 Å². The Kier molecular flexibility index (Phi) is 6.98. The van der Waals surface area contributed by atoms with E-state index < -0.39 is 10.0 Å². The minimum atomic E-state index is -3.40. The number of nitrogens with one attached hydrogen (secondary N) is 1. The van der Waals surface area contributed by atoms with E-state index in [1.165, 1.54) is 16.1 Å². The molecular formula is C20H24N2O4S2. The molecule has 0 aromatic heterocycles. The van der Waals surface area contributed by atoms with E-state index in [4.69, 9.17) is 4.74 Å². The predicted octanol–water partition coefficient (Wildman–Crippen LogP) is 2.89. The molecule has 1 saturated heterocycles. The van der Waals surface area contributed by atoms with Crippen LogP contribution in [0.3, 0.4) is 0 Å². The number of benzene rings is 2. The first-order valence-electron chi connectivity index (χ1n) is 9.12. The van der Waals surface area contributed by atoms with Crippen molar-refractivity contribution in [3.8, 4) is 5.75 Å². The zero-order chi connectivity index (χ0) is 20.0. The molecule has 1 amide bonds. The molecule has 1 fully saturated rings. The third kappa shape index (κ3) is 5.27. The fraction of sp³-hybridized carbons (Fsp3) is 0.350. The van der Waals surface area contributed by atoms with Crippen LogP contribution in [0, 0.1) is 0 Å². The minimum absolute atomic E-state index is 0.0745. The maximum atomic E-state index is 12.5. The quantitative estimate of drug-likeness (QED) is 0.665. The number of thioether (sulfide) groups is 1. The summed E-state index contributed by atoms with van der Waals surface area (Å²) in [4.78, 5) is 13.4. The van der Waals surface area contributed by atoms with Crippen LogP contribution in [0.1, 0.15) is 18.4 Å². The lowest BCUT2D eigenvalue weighted by molar-refractivity contribution is -0.118. The maximum absolute atomic E-state index is 12.5. The van der Waals surface area contributed by atoms with Crippen molar-refractivity contribution in [1.82, 2.24) is 9.62 Å². The smallest absolute Gasteiger partial charge is 0.243 e. The second-order valence-corrected chi connectivity index (χ2v) is 9.48. The molecule has 1 aliphatic rings. The monoisotopic (exact) mass is 420 g/mol. The number of sulfonamides is 1. The van der Waals surface area contributed by atoms with Crippen LogP contribution in [0.2, 0.25) is 0 Å². The summed E-state index contributed by atoms with van der Waals surface area (Å²) in [7, 11) is -1.78. The van der Waals surface area contributed by atoms with Crippen LogP contribution < -0.4 is 10.1 Å². The van der Waals surface area contributed by atoms with E-state index in [9.17, 15) is 13.2 Å². The molecule has 28 heavy (non-hydrogen) atoms. The lowest BCUT2D eigenvalue weighted by atomic mass is 10.2. The van der Waals surface area contributed by atoms with Gasteiger partial charge in [0.15, 0.2) is 0 Å². The Morgan fingerprint density at radius 3 is 2.32 bits per heavy atom. The molecule has 8 heteroatoms. The lowest BCUT2D eigenvalue weighted by Crippen LogP contribution is -2.28. The average Bonchev–Trinajstić information content (AvgIpc) is 3.27. The van der Waals surface area contributed by atoms with E-state index in [1.807, 2.05) is 24.3 Å². The second kappa shape index (κ2) is 9.45. The van der Waals surface area contributed by atoms with Gasteiger partial charge in [0, 0.05) is 24.5 Å². The molecule has 0 unspecified atom stereocenters. The van der Waals surface area contributed by atoms with Gasteiger partial charge in [-0.15, -0.1) is 11.8 Å². The largest absolute Gasteiger partial charge is 0.497 e. The number of hydrogen-bond acceptors (Lipinski definition) is 5. The molecule has 150 valence electrons. The number of ether oxygens (including phenoxy) is 1. The van der Waals surface area contributed by atoms with Crippen molar-refractivity contribution in [2.45, 2.75) is 29.2 Å². The number of nitrogens with zero attached hydrogens (tertiary/aromatic N) is 1. The van der Waals surface area contributed by atoms with Crippen molar-refractivity contribution in [3.05, 3.63) is 54.1 Å². The van der Waals surface area contributed by atoms with Crippen molar-refractivity contribution in [2.24, 2.45) is 0 Å². The summed E-state index contributed by atoms with van der Waals surface area (Å²) in [5.74, 6) is 1.02. The van der Waals surface area contributed by atoms with E-state index in [0.29, 0.717) is 30.3 Å². The molecule has 0 atom stereocenters. The van der Waals surface area contributed by atoms with Crippen molar-refractivity contribution < 1.29 is 17.9 Å². The second-order valence-electron chi connectivity index (χ2n) is 6.50. The third-order valence-electron chi connectivity index (χ3n) is 4.55. The van der Waals surface area contributed by atoms with Crippen LogP contribution in [0.4, 0.5) is 0 Å². The number of methoxy groups -OCH3 is 1. The van der Waals surface area contributed by atoms with E-state index in [0.717, 1.165) is 29.1 Å². The number of carbonyl (C=O) groups is 1. The van der Waals surface area contributed by atoms with E-state index in [2.05, 4.69) is 5.32 Å². The number of hydrogen-bond donors (Lipinski definition) is 1. The van der Waals surface area contributed by atoms with E-state index in [1.54, 1.807) is 31.4 Å². The summed E-state index contributed by atoms with van der Waals surface area (Å²) in [6.45, 7) is 1.55. The third-order valence-corrected chi connectivity index (χ3v) is 7.47. The van der Waals surface area contributed by atoms with E-state index >= 15 is 0 Å². The molecule has 2 aromatic rings. The fourth-order valence-electron chi connectivity index (χ4n) is 2.93. The van der Waals surface area contributed by atoms with Crippen molar-refractivity contribution >= 4 is 27.7 Å². The predicted molar refractivity (Wildman–Crippen MR) is 110 cm³/mol. The maximum Gasteiger partial charge on any atom is 0.243 e. The van der Waals surface area contributed by atoms with Crippen LogP contribution in [0.25, 0.3) is 0 Å². The Labute approximate surface area is 170 Å². The Morgan fingerprint density at radius 1 is 1.07 bits per heavy atom. The summed E-state index contributed by atoms with van der Waals surface area (Å²) in [6, 6.07) is 14.3.